The second kappa shape index (κ2) is 11.3. The highest BCUT2D eigenvalue weighted by Gasteiger charge is 2.15. The SMILES string of the molecule is CCNC(=NCc1ccc(C)cc1OC(C)(C)C)NCCc1nnc2ccccn12.I. The van der Waals surface area contributed by atoms with Gasteiger partial charge in [0.05, 0.1) is 6.54 Å². The molecule has 3 aromatic rings. The maximum atomic E-state index is 6.15. The number of ether oxygens (including phenoxy) is 1. The van der Waals surface area contributed by atoms with Crippen LogP contribution < -0.4 is 15.4 Å². The number of hydrogen-bond donors (Lipinski definition) is 2. The molecule has 0 atom stereocenters. The molecular weight excluding hydrogens is 503 g/mol. The lowest BCUT2D eigenvalue weighted by molar-refractivity contribution is 0.129. The van der Waals surface area contributed by atoms with E-state index in [2.05, 4.69) is 73.6 Å². The molecule has 0 bridgehead atoms. The number of fused-ring (bicyclic) bond motifs is 1. The van der Waals surface area contributed by atoms with E-state index in [9.17, 15) is 0 Å². The van der Waals surface area contributed by atoms with Gasteiger partial charge in [0, 0.05) is 31.3 Å². The molecule has 2 N–H and O–H groups in total. The second-order valence-electron chi connectivity index (χ2n) is 8.24. The molecule has 168 valence electrons. The zero-order valence-corrected chi connectivity index (χ0v) is 21.3. The number of hydrogen-bond acceptors (Lipinski definition) is 4. The van der Waals surface area contributed by atoms with Crippen LogP contribution in [0.25, 0.3) is 5.65 Å². The first kappa shape index (κ1) is 24.9. The third-order valence-corrected chi connectivity index (χ3v) is 4.42. The molecule has 8 heteroatoms. The number of guanidine groups is 1. The Morgan fingerprint density at radius 2 is 1.94 bits per heavy atom. The van der Waals surface area contributed by atoms with E-state index in [0.717, 1.165) is 41.7 Å². The summed E-state index contributed by atoms with van der Waals surface area (Å²) in [6, 6.07) is 12.2. The Hall–Kier alpha value is -2.36. The molecule has 0 amide bonds. The maximum Gasteiger partial charge on any atom is 0.191 e. The lowest BCUT2D eigenvalue weighted by atomic mass is 10.1. The summed E-state index contributed by atoms with van der Waals surface area (Å²) < 4.78 is 8.16. The van der Waals surface area contributed by atoms with Crippen molar-refractivity contribution in [2.75, 3.05) is 13.1 Å². The molecule has 0 aliphatic rings. The Bertz CT molecular complexity index is 1010. The molecule has 0 aliphatic carbocycles. The fraction of sp³-hybridized carbons (Fsp3) is 0.435. The van der Waals surface area contributed by atoms with E-state index >= 15 is 0 Å². The molecule has 0 saturated carbocycles. The van der Waals surface area contributed by atoms with E-state index in [1.54, 1.807) is 0 Å². The summed E-state index contributed by atoms with van der Waals surface area (Å²) in [5.41, 5.74) is 2.85. The number of halogens is 1. The summed E-state index contributed by atoms with van der Waals surface area (Å²) in [7, 11) is 0. The quantitative estimate of drug-likeness (QED) is 0.270. The van der Waals surface area contributed by atoms with E-state index in [4.69, 9.17) is 9.73 Å². The fourth-order valence-electron chi connectivity index (χ4n) is 3.08. The van der Waals surface area contributed by atoms with Crippen LogP contribution in [0.2, 0.25) is 0 Å². The monoisotopic (exact) mass is 536 g/mol. The summed E-state index contributed by atoms with van der Waals surface area (Å²) in [5.74, 6) is 2.58. The van der Waals surface area contributed by atoms with Gasteiger partial charge in [-0.15, -0.1) is 34.2 Å². The van der Waals surface area contributed by atoms with Crippen LogP contribution in [0.15, 0.2) is 47.6 Å². The van der Waals surface area contributed by atoms with Crippen molar-refractivity contribution in [1.29, 1.82) is 0 Å². The van der Waals surface area contributed by atoms with E-state index < -0.39 is 0 Å². The van der Waals surface area contributed by atoms with E-state index in [0.29, 0.717) is 13.1 Å². The molecule has 0 spiro atoms. The average molecular weight is 536 g/mol. The van der Waals surface area contributed by atoms with Crippen LogP contribution in [0, 0.1) is 6.92 Å². The van der Waals surface area contributed by atoms with Gasteiger partial charge < -0.3 is 15.4 Å². The number of aromatic nitrogens is 3. The highest BCUT2D eigenvalue weighted by atomic mass is 127. The number of aliphatic imine (C=N–C) groups is 1. The third kappa shape index (κ3) is 7.37. The molecule has 2 aromatic heterocycles. The number of rotatable bonds is 7. The Kier molecular flexibility index (Phi) is 9.09. The Morgan fingerprint density at radius 1 is 1.13 bits per heavy atom. The summed E-state index contributed by atoms with van der Waals surface area (Å²) >= 11 is 0. The first-order valence-corrected chi connectivity index (χ1v) is 10.4. The molecule has 0 unspecified atom stereocenters. The Morgan fingerprint density at radius 3 is 2.68 bits per heavy atom. The van der Waals surface area contributed by atoms with Gasteiger partial charge in [-0.25, -0.2) is 4.99 Å². The minimum atomic E-state index is -0.254. The van der Waals surface area contributed by atoms with Gasteiger partial charge in [0.1, 0.15) is 17.2 Å². The van der Waals surface area contributed by atoms with Gasteiger partial charge in [-0.3, -0.25) is 4.40 Å². The normalized spacial score (nSPS) is 11.8. The molecule has 7 nitrogen and oxygen atoms in total. The van der Waals surface area contributed by atoms with Crippen LogP contribution in [0.5, 0.6) is 5.75 Å². The summed E-state index contributed by atoms with van der Waals surface area (Å²) in [4.78, 5) is 4.76. The van der Waals surface area contributed by atoms with Gasteiger partial charge in [0.25, 0.3) is 0 Å². The van der Waals surface area contributed by atoms with Crippen molar-refractivity contribution < 1.29 is 4.74 Å². The van der Waals surface area contributed by atoms with Crippen molar-refractivity contribution in [3.8, 4) is 5.75 Å². The number of nitrogens with one attached hydrogen (secondary N) is 2. The molecular formula is C23H33IN6O. The predicted molar refractivity (Wildman–Crippen MR) is 136 cm³/mol. The molecule has 0 radical (unpaired) electrons. The first-order chi connectivity index (χ1) is 14.4. The lowest BCUT2D eigenvalue weighted by Crippen LogP contribution is -2.38. The van der Waals surface area contributed by atoms with E-state index in [1.165, 1.54) is 5.56 Å². The lowest BCUT2D eigenvalue weighted by Gasteiger charge is -2.23. The number of benzene rings is 1. The van der Waals surface area contributed by atoms with Gasteiger partial charge in [0.15, 0.2) is 11.6 Å². The van der Waals surface area contributed by atoms with Crippen LogP contribution in [-0.2, 0) is 13.0 Å². The van der Waals surface area contributed by atoms with Crippen LogP contribution in [0.4, 0.5) is 0 Å². The highest BCUT2D eigenvalue weighted by Crippen LogP contribution is 2.25. The largest absolute Gasteiger partial charge is 0.488 e. The number of nitrogens with zero attached hydrogens (tertiary/aromatic N) is 4. The van der Waals surface area contributed by atoms with Crippen LogP contribution in [-0.4, -0.2) is 39.2 Å². The second-order valence-corrected chi connectivity index (χ2v) is 8.24. The van der Waals surface area contributed by atoms with Gasteiger partial charge >= 0.3 is 0 Å². The molecule has 31 heavy (non-hydrogen) atoms. The topological polar surface area (TPSA) is 75.8 Å². The van der Waals surface area contributed by atoms with Gasteiger partial charge in [0.2, 0.25) is 0 Å². The van der Waals surface area contributed by atoms with Gasteiger partial charge in [-0.1, -0.05) is 18.2 Å². The molecule has 0 aliphatic heterocycles. The van der Waals surface area contributed by atoms with Crippen molar-refractivity contribution in [2.45, 2.75) is 53.2 Å². The highest BCUT2D eigenvalue weighted by molar-refractivity contribution is 14.0. The predicted octanol–water partition coefficient (Wildman–Crippen LogP) is 4.13. The molecule has 1 aromatic carbocycles. The van der Waals surface area contributed by atoms with Crippen molar-refractivity contribution in [3.63, 3.8) is 0 Å². The van der Waals surface area contributed by atoms with E-state index in [1.807, 2.05) is 28.8 Å². The average Bonchev–Trinajstić information content (AvgIpc) is 3.09. The molecule has 3 rings (SSSR count). The molecule has 0 fully saturated rings. The van der Waals surface area contributed by atoms with Crippen molar-refractivity contribution >= 4 is 35.6 Å². The summed E-state index contributed by atoms with van der Waals surface area (Å²) in [6.07, 6.45) is 2.73. The van der Waals surface area contributed by atoms with Crippen LogP contribution >= 0.6 is 24.0 Å². The minimum absolute atomic E-state index is 0. The molecule has 0 saturated heterocycles. The zero-order valence-electron chi connectivity index (χ0n) is 19.0. The Labute approximate surface area is 201 Å². The van der Waals surface area contributed by atoms with Gasteiger partial charge in [-0.2, -0.15) is 0 Å². The standard InChI is InChI=1S/C23H32N6O.HI/c1-6-24-22(25-13-12-21-28-27-20-9-7-8-14-29(20)21)26-16-18-11-10-17(2)15-19(18)30-23(3,4)5;/h7-11,14-15H,6,12-13,16H2,1-5H3,(H2,24,25,26);1H. The first-order valence-electron chi connectivity index (χ1n) is 10.4. The Balaban J connectivity index is 0.00000341. The number of pyridine rings is 1. The minimum Gasteiger partial charge on any atom is -0.488 e. The summed E-state index contributed by atoms with van der Waals surface area (Å²) in [6.45, 7) is 12.3. The van der Waals surface area contributed by atoms with Crippen molar-refractivity contribution in [3.05, 3.63) is 59.5 Å². The van der Waals surface area contributed by atoms with Crippen molar-refractivity contribution in [1.82, 2.24) is 25.2 Å². The molecule has 2 heterocycles. The number of aryl methyl sites for hydroxylation is 1. The fourth-order valence-corrected chi connectivity index (χ4v) is 3.08. The zero-order chi connectivity index (χ0) is 21.6. The van der Waals surface area contributed by atoms with Gasteiger partial charge in [-0.05, 0) is 58.4 Å². The van der Waals surface area contributed by atoms with Crippen LogP contribution in [0.1, 0.15) is 44.6 Å². The maximum absolute atomic E-state index is 6.15. The smallest absolute Gasteiger partial charge is 0.191 e. The van der Waals surface area contributed by atoms with Crippen LogP contribution in [0.3, 0.4) is 0 Å². The van der Waals surface area contributed by atoms with E-state index in [-0.39, 0.29) is 29.6 Å². The summed E-state index contributed by atoms with van der Waals surface area (Å²) in [5, 5.41) is 15.2. The third-order valence-electron chi connectivity index (χ3n) is 4.42. The van der Waals surface area contributed by atoms with Crippen molar-refractivity contribution in [2.24, 2.45) is 4.99 Å².